The molecule has 1 aliphatic rings. The highest BCUT2D eigenvalue weighted by Crippen LogP contribution is 2.29. The van der Waals surface area contributed by atoms with Gasteiger partial charge in [-0.25, -0.2) is 0 Å². The molecule has 6 heteroatoms. The van der Waals surface area contributed by atoms with Gasteiger partial charge in [0, 0.05) is 4.43 Å². The van der Waals surface area contributed by atoms with E-state index in [0.717, 1.165) is 16.7 Å². The number of hydrogen-bond acceptors (Lipinski definition) is 5. The molecule has 1 aliphatic heterocycles. The molecule has 5 atom stereocenters. The maximum atomic E-state index is 11.1. The zero-order valence-corrected chi connectivity index (χ0v) is 21.2. The number of halogens is 1. The zero-order valence-electron chi connectivity index (χ0n) is 19.0. The molecule has 3 aromatic rings. The summed E-state index contributed by atoms with van der Waals surface area (Å²) in [5.41, 5.74) is 3.20. The smallest absolute Gasteiger partial charge is 0.115 e. The fourth-order valence-corrected chi connectivity index (χ4v) is 4.79. The monoisotopic (exact) mass is 574 g/mol. The van der Waals surface area contributed by atoms with Gasteiger partial charge in [0.2, 0.25) is 0 Å². The first-order valence-electron chi connectivity index (χ1n) is 11.6. The van der Waals surface area contributed by atoms with E-state index in [1.807, 2.05) is 91.0 Å². The molecular weight excluding hydrogens is 543 g/mol. The summed E-state index contributed by atoms with van der Waals surface area (Å²) in [6, 6.07) is 30.0. The quantitative estimate of drug-likeness (QED) is 0.260. The van der Waals surface area contributed by atoms with Gasteiger partial charge in [0.05, 0.1) is 32.5 Å². The molecule has 34 heavy (non-hydrogen) atoms. The predicted molar refractivity (Wildman–Crippen MR) is 140 cm³/mol. The van der Waals surface area contributed by atoms with Crippen LogP contribution in [0.5, 0.6) is 0 Å². The van der Waals surface area contributed by atoms with Crippen LogP contribution in [0.25, 0.3) is 0 Å². The van der Waals surface area contributed by atoms with Crippen LogP contribution in [0.4, 0.5) is 0 Å². The minimum atomic E-state index is -0.799. The summed E-state index contributed by atoms with van der Waals surface area (Å²) in [4.78, 5) is 0. The number of aliphatic hydroxyl groups excluding tert-OH is 1. The lowest BCUT2D eigenvalue weighted by atomic mass is 9.95. The number of aliphatic hydroxyl groups is 1. The van der Waals surface area contributed by atoms with Gasteiger partial charge in [-0.15, -0.1) is 0 Å². The third-order valence-electron chi connectivity index (χ3n) is 5.87. The topological polar surface area (TPSA) is 57.2 Å². The minimum absolute atomic E-state index is 0.347. The van der Waals surface area contributed by atoms with Gasteiger partial charge >= 0.3 is 0 Å². The van der Waals surface area contributed by atoms with Crippen LogP contribution in [0.15, 0.2) is 91.0 Å². The summed E-state index contributed by atoms with van der Waals surface area (Å²) in [5, 5.41) is 11.1. The van der Waals surface area contributed by atoms with Crippen molar-refractivity contribution in [2.75, 3.05) is 11.0 Å². The fraction of sp³-hybridized carbons (Fsp3) is 0.357. The fourth-order valence-electron chi connectivity index (χ4n) is 4.06. The number of rotatable bonds is 11. The summed E-state index contributed by atoms with van der Waals surface area (Å²) in [6.45, 7) is 1.62. The normalized spacial score (nSPS) is 24.7. The number of alkyl halides is 1. The Morgan fingerprint density at radius 2 is 1.12 bits per heavy atom. The molecule has 5 nitrogen and oxygen atoms in total. The van der Waals surface area contributed by atoms with Crippen molar-refractivity contribution >= 4 is 22.6 Å². The van der Waals surface area contributed by atoms with Gasteiger partial charge in [0.1, 0.15) is 24.4 Å². The van der Waals surface area contributed by atoms with E-state index in [-0.39, 0.29) is 12.2 Å². The van der Waals surface area contributed by atoms with E-state index in [9.17, 15) is 5.11 Å². The minimum Gasteiger partial charge on any atom is -0.388 e. The Hall–Kier alpha value is -1.81. The summed E-state index contributed by atoms with van der Waals surface area (Å²) in [7, 11) is 0. The largest absolute Gasteiger partial charge is 0.388 e. The van der Waals surface area contributed by atoms with Crippen LogP contribution < -0.4 is 0 Å². The van der Waals surface area contributed by atoms with Crippen molar-refractivity contribution in [3.8, 4) is 0 Å². The van der Waals surface area contributed by atoms with Crippen LogP contribution in [0.3, 0.4) is 0 Å². The molecule has 1 heterocycles. The van der Waals surface area contributed by atoms with Crippen LogP contribution in [0.1, 0.15) is 16.7 Å². The molecule has 0 spiro atoms. The van der Waals surface area contributed by atoms with E-state index in [4.69, 9.17) is 18.9 Å². The Kier molecular flexibility index (Phi) is 9.91. The molecule has 0 amide bonds. The van der Waals surface area contributed by atoms with Crippen molar-refractivity contribution in [3.63, 3.8) is 0 Å². The van der Waals surface area contributed by atoms with Crippen molar-refractivity contribution in [2.24, 2.45) is 0 Å². The lowest BCUT2D eigenvalue weighted by Crippen LogP contribution is -2.60. The van der Waals surface area contributed by atoms with E-state index in [0.29, 0.717) is 30.9 Å². The van der Waals surface area contributed by atoms with Gasteiger partial charge in [-0.1, -0.05) is 114 Å². The Labute approximate surface area is 215 Å². The molecule has 0 radical (unpaired) electrons. The molecule has 4 rings (SSSR count). The molecule has 1 saturated heterocycles. The predicted octanol–water partition coefficient (Wildman–Crippen LogP) is 4.94. The second-order valence-corrected chi connectivity index (χ2v) is 9.26. The maximum Gasteiger partial charge on any atom is 0.115 e. The van der Waals surface area contributed by atoms with Crippen LogP contribution in [0.2, 0.25) is 0 Å². The molecule has 0 aromatic heterocycles. The zero-order chi connectivity index (χ0) is 23.6. The van der Waals surface area contributed by atoms with Crippen molar-refractivity contribution < 1.29 is 24.1 Å². The van der Waals surface area contributed by atoms with E-state index < -0.39 is 18.3 Å². The highest BCUT2D eigenvalue weighted by Gasteiger charge is 2.46. The second kappa shape index (κ2) is 13.3. The number of ether oxygens (including phenoxy) is 4. The molecular formula is C28H31IO5. The standard InChI is InChI=1S/C28H31IO5/c29-16-24-26(30)28(33-19-23-14-8-3-9-15-23)27(32-18-22-12-6-2-7-13-22)25(34-24)20-31-17-21-10-4-1-5-11-21/h1-15,24-28,30H,16-20H2/t24-,25?,26?,27-,28+/m0/s1. The van der Waals surface area contributed by atoms with E-state index in [1.54, 1.807) is 0 Å². The van der Waals surface area contributed by atoms with E-state index in [2.05, 4.69) is 22.6 Å². The molecule has 0 saturated carbocycles. The summed E-state index contributed by atoms with van der Waals surface area (Å²) < 4.78 is 25.6. The molecule has 0 aliphatic carbocycles. The first-order chi connectivity index (χ1) is 16.7. The van der Waals surface area contributed by atoms with Crippen LogP contribution in [0, 0.1) is 0 Å². The van der Waals surface area contributed by atoms with Gasteiger partial charge in [-0.05, 0) is 16.7 Å². The van der Waals surface area contributed by atoms with Gasteiger partial charge in [0.15, 0.2) is 0 Å². The van der Waals surface area contributed by atoms with Crippen LogP contribution >= 0.6 is 22.6 Å². The summed E-state index contributed by atoms with van der Waals surface area (Å²) >= 11 is 2.24. The number of benzene rings is 3. The lowest BCUT2D eigenvalue weighted by molar-refractivity contribution is -0.255. The van der Waals surface area contributed by atoms with E-state index >= 15 is 0 Å². The Balaban J connectivity index is 1.48. The van der Waals surface area contributed by atoms with E-state index in [1.165, 1.54) is 0 Å². The van der Waals surface area contributed by atoms with Gasteiger partial charge in [0.25, 0.3) is 0 Å². The maximum absolute atomic E-state index is 11.1. The SMILES string of the molecule is OC1[C@H](CI)OC(COCc2ccccc2)[C@H](OCc2ccccc2)[C@@H]1OCc1ccccc1. The Morgan fingerprint density at radius 1 is 0.647 bits per heavy atom. The molecule has 2 unspecified atom stereocenters. The Morgan fingerprint density at radius 3 is 1.62 bits per heavy atom. The first-order valence-corrected chi connectivity index (χ1v) is 13.1. The summed E-state index contributed by atoms with van der Waals surface area (Å²) in [5.74, 6) is 0. The van der Waals surface area contributed by atoms with Crippen molar-refractivity contribution in [2.45, 2.75) is 50.3 Å². The van der Waals surface area contributed by atoms with Crippen molar-refractivity contribution in [3.05, 3.63) is 108 Å². The molecule has 0 bridgehead atoms. The van der Waals surface area contributed by atoms with Crippen LogP contribution in [-0.4, -0.2) is 46.7 Å². The lowest BCUT2D eigenvalue weighted by Gasteiger charge is -2.44. The average Bonchev–Trinajstić information content (AvgIpc) is 2.89. The van der Waals surface area contributed by atoms with Crippen LogP contribution in [-0.2, 0) is 38.8 Å². The highest BCUT2D eigenvalue weighted by molar-refractivity contribution is 14.1. The van der Waals surface area contributed by atoms with Gasteiger partial charge in [-0.2, -0.15) is 0 Å². The Bertz CT molecular complexity index is 956. The van der Waals surface area contributed by atoms with Crippen molar-refractivity contribution in [1.82, 2.24) is 0 Å². The summed E-state index contributed by atoms with van der Waals surface area (Å²) in [6.07, 6.45) is -2.54. The molecule has 180 valence electrons. The third-order valence-corrected chi connectivity index (χ3v) is 6.74. The highest BCUT2D eigenvalue weighted by atomic mass is 127. The molecule has 1 N–H and O–H groups in total. The second-order valence-electron chi connectivity index (χ2n) is 8.38. The van der Waals surface area contributed by atoms with Gasteiger partial charge in [-0.3, -0.25) is 0 Å². The third kappa shape index (κ3) is 7.10. The first kappa shape index (κ1) is 25.3. The average molecular weight is 574 g/mol. The van der Waals surface area contributed by atoms with Crippen molar-refractivity contribution in [1.29, 1.82) is 0 Å². The number of hydrogen-bond donors (Lipinski definition) is 1. The molecule has 1 fully saturated rings. The molecule has 3 aromatic carbocycles. The van der Waals surface area contributed by atoms with Gasteiger partial charge < -0.3 is 24.1 Å².